The van der Waals surface area contributed by atoms with Crippen LogP contribution in [0.25, 0.3) is 11.4 Å². The number of hydrogen-bond donors (Lipinski definition) is 1. The van der Waals surface area contributed by atoms with E-state index in [1.54, 1.807) is 29.7 Å². The molecule has 0 saturated heterocycles. The van der Waals surface area contributed by atoms with E-state index in [-0.39, 0.29) is 24.7 Å². The first-order chi connectivity index (χ1) is 16.2. The normalized spacial score (nSPS) is 18.9. The Bertz CT molecular complexity index is 1010. The smallest absolute Gasteiger partial charge is 0.410 e. The van der Waals surface area contributed by atoms with Gasteiger partial charge in [0.15, 0.2) is 0 Å². The molecule has 1 fully saturated rings. The molecule has 10 heteroatoms. The third-order valence-corrected chi connectivity index (χ3v) is 6.48. The summed E-state index contributed by atoms with van der Waals surface area (Å²) in [4.78, 5) is 30.0. The fourth-order valence-corrected chi connectivity index (χ4v) is 4.22. The largest absolute Gasteiger partial charge is 0.489 e. The molecule has 186 valence electrons. The summed E-state index contributed by atoms with van der Waals surface area (Å²) in [5.41, 5.74) is 2.46. The van der Waals surface area contributed by atoms with Crippen molar-refractivity contribution in [1.82, 2.24) is 24.9 Å². The second-order valence-corrected chi connectivity index (χ2v) is 9.03. The molecular formula is C24H35N5O5. The molecule has 0 aromatic carbocycles. The zero-order chi connectivity index (χ0) is 24.8. The Hall–Kier alpha value is -3.17. The van der Waals surface area contributed by atoms with E-state index in [4.69, 9.17) is 9.47 Å². The predicted octanol–water partition coefficient (Wildman–Crippen LogP) is 3.96. The maximum atomic E-state index is 12.5. The van der Waals surface area contributed by atoms with Crippen LogP contribution < -0.4 is 4.74 Å². The molecule has 0 aliphatic heterocycles. The van der Waals surface area contributed by atoms with Crippen LogP contribution in [0.3, 0.4) is 0 Å². The quantitative estimate of drug-likeness (QED) is 0.581. The van der Waals surface area contributed by atoms with Crippen LogP contribution >= 0.6 is 0 Å². The Balaban J connectivity index is 1.69. The van der Waals surface area contributed by atoms with Crippen molar-refractivity contribution in [3.8, 4) is 17.1 Å². The Morgan fingerprint density at radius 3 is 2.76 bits per heavy atom. The lowest BCUT2D eigenvalue weighted by atomic mass is 9.87. The van der Waals surface area contributed by atoms with Gasteiger partial charge in [-0.3, -0.25) is 4.79 Å². The Labute approximate surface area is 200 Å². The number of pyridine rings is 1. The number of carbonyl (C=O) groups is 2. The molecule has 0 radical (unpaired) electrons. The molecule has 2 aromatic rings. The van der Waals surface area contributed by atoms with Gasteiger partial charge < -0.3 is 19.5 Å². The van der Waals surface area contributed by atoms with Gasteiger partial charge in [-0.1, -0.05) is 18.6 Å². The maximum absolute atomic E-state index is 12.5. The van der Waals surface area contributed by atoms with Gasteiger partial charge in [-0.05, 0) is 58.1 Å². The Morgan fingerprint density at radius 1 is 1.32 bits per heavy atom. The van der Waals surface area contributed by atoms with Gasteiger partial charge in [0.1, 0.15) is 23.7 Å². The highest BCUT2D eigenvalue weighted by atomic mass is 16.6. The first kappa shape index (κ1) is 25.5. The minimum absolute atomic E-state index is 0.0263. The minimum atomic E-state index is -0.764. The number of aryl methyl sites for hydroxylation is 2. The van der Waals surface area contributed by atoms with Crippen molar-refractivity contribution in [3.63, 3.8) is 0 Å². The summed E-state index contributed by atoms with van der Waals surface area (Å²) in [6.45, 7) is 5.94. The van der Waals surface area contributed by atoms with Gasteiger partial charge >= 0.3 is 12.1 Å². The summed E-state index contributed by atoms with van der Waals surface area (Å²) in [5, 5.41) is 17.6. The van der Waals surface area contributed by atoms with Crippen molar-refractivity contribution in [2.75, 3.05) is 7.05 Å². The molecule has 3 atom stereocenters. The molecule has 0 bridgehead atoms. The lowest BCUT2D eigenvalue weighted by molar-refractivity contribution is -0.143. The summed E-state index contributed by atoms with van der Waals surface area (Å²) in [5.74, 6) is -0.497. The van der Waals surface area contributed by atoms with E-state index in [1.165, 1.54) is 0 Å². The zero-order valence-electron chi connectivity index (χ0n) is 20.7. The van der Waals surface area contributed by atoms with Crippen molar-refractivity contribution in [1.29, 1.82) is 0 Å². The number of aromatic nitrogens is 4. The van der Waals surface area contributed by atoms with Gasteiger partial charge in [0, 0.05) is 20.1 Å². The second kappa shape index (κ2) is 11.3. The van der Waals surface area contributed by atoms with Gasteiger partial charge in [0.25, 0.3) is 0 Å². The Kier molecular flexibility index (Phi) is 8.46. The summed E-state index contributed by atoms with van der Waals surface area (Å²) < 4.78 is 13.2. The molecule has 2 heterocycles. The van der Waals surface area contributed by atoms with Crippen molar-refractivity contribution < 1.29 is 24.2 Å². The predicted molar refractivity (Wildman–Crippen MR) is 125 cm³/mol. The van der Waals surface area contributed by atoms with Crippen LogP contribution in [0.2, 0.25) is 0 Å². The third kappa shape index (κ3) is 6.03. The van der Waals surface area contributed by atoms with Crippen molar-refractivity contribution in [2.45, 2.75) is 78.0 Å². The van der Waals surface area contributed by atoms with Gasteiger partial charge in [-0.15, -0.1) is 5.10 Å². The molecule has 2 aromatic heterocycles. The van der Waals surface area contributed by atoms with E-state index in [2.05, 4.69) is 22.2 Å². The number of amides is 1. The second-order valence-electron chi connectivity index (χ2n) is 9.03. The van der Waals surface area contributed by atoms with Gasteiger partial charge in [0.05, 0.1) is 23.4 Å². The van der Waals surface area contributed by atoms with Gasteiger partial charge in [0.2, 0.25) is 0 Å². The number of nitrogens with zero attached hydrogens (tertiary/aromatic N) is 5. The highest BCUT2D eigenvalue weighted by Gasteiger charge is 2.28. The maximum Gasteiger partial charge on any atom is 0.410 e. The monoisotopic (exact) mass is 473 g/mol. The minimum Gasteiger partial charge on any atom is -0.489 e. The Morgan fingerprint density at radius 2 is 2.09 bits per heavy atom. The lowest BCUT2D eigenvalue weighted by Gasteiger charge is -2.27. The molecule has 1 N–H and O–H groups in total. The molecule has 1 unspecified atom stereocenters. The summed E-state index contributed by atoms with van der Waals surface area (Å²) in [6.07, 6.45) is 4.21. The number of aliphatic carboxylic acids is 1. The van der Waals surface area contributed by atoms with Crippen molar-refractivity contribution in [2.24, 2.45) is 13.0 Å². The highest BCUT2D eigenvalue weighted by molar-refractivity contribution is 5.70. The zero-order valence-corrected chi connectivity index (χ0v) is 20.7. The van der Waals surface area contributed by atoms with E-state index < -0.39 is 12.1 Å². The van der Waals surface area contributed by atoms with Crippen LogP contribution in [0.5, 0.6) is 5.75 Å². The van der Waals surface area contributed by atoms with Crippen LogP contribution in [0, 0.1) is 12.8 Å². The van der Waals surface area contributed by atoms with E-state index in [0.29, 0.717) is 41.4 Å². The fourth-order valence-electron chi connectivity index (χ4n) is 4.22. The molecule has 3 rings (SSSR count). The first-order valence-electron chi connectivity index (χ1n) is 11.9. The molecule has 1 aliphatic rings. The molecule has 1 aliphatic carbocycles. The first-order valence-corrected chi connectivity index (χ1v) is 11.9. The standard InChI is InChI=1S/C24H35N5O5/c1-6-8-15(2)28(4)24(32)33-14-20-22(26-27-29(20)5)19-11-12-21(16(3)25-19)34-18-10-7-9-17(13-18)23(30)31/h11-12,15,17-18H,6-10,13-14H2,1-5H3,(H,30,31)/t15?,17-,18-/m0/s1. The van der Waals surface area contributed by atoms with Crippen LogP contribution in [0.1, 0.15) is 63.8 Å². The lowest BCUT2D eigenvalue weighted by Crippen LogP contribution is -2.35. The van der Waals surface area contributed by atoms with Crippen LogP contribution in [0.15, 0.2) is 12.1 Å². The van der Waals surface area contributed by atoms with Crippen LogP contribution in [-0.2, 0) is 23.2 Å². The number of rotatable bonds is 9. The number of carboxylic acids is 1. The third-order valence-electron chi connectivity index (χ3n) is 6.48. The van der Waals surface area contributed by atoms with Crippen LogP contribution in [-0.4, -0.2) is 61.2 Å². The van der Waals surface area contributed by atoms with E-state index in [1.807, 2.05) is 19.9 Å². The topological polar surface area (TPSA) is 120 Å². The van der Waals surface area contributed by atoms with Crippen LogP contribution in [0.4, 0.5) is 4.79 Å². The molecule has 1 saturated carbocycles. The van der Waals surface area contributed by atoms with E-state index >= 15 is 0 Å². The molecule has 0 spiro atoms. The van der Waals surface area contributed by atoms with E-state index in [9.17, 15) is 14.7 Å². The molecule has 10 nitrogen and oxygen atoms in total. The summed E-state index contributed by atoms with van der Waals surface area (Å²) in [7, 11) is 3.48. The molecule has 1 amide bonds. The average Bonchev–Trinajstić information content (AvgIpc) is 3.18. The highest BCUT2D eigenvalue weighted by Crippen LogP contribution is 2.30. The summed E-state index contributed by atoms with van der Waals surface area (Å²) in [6, 6.07) is 3.71. The van der Waals surface area contributed by atoms with Crippen molar-refractivity contribution in [3.05, 3.63) is 23.5 Å². The number of hydrogen-bond acceptors (Lipinski definition) is 7. The fraction of sp³-hybridized carbons (Fsp3) is 0.625. The number of carboxylic acid groups (broad SMARTS) is 1. The average molecular weight is 474 g/mol. The van der Waals surface area contributed by atoms with E-state index in [0.717, 1.165) is 25.7 Å². The van der Waals surface area contributed by atoms with Gasteiger partial charge in [-0.2, -0.15) is 0 Å². The number of carbonyl (C=O) groups excluding carboxylic acids is 1. The molecular weight excluding hydrogens is 438 g/mol. The van der Waals surface area contributed by atoms with Gasteiger partial charge in [-0.25, -0.2) is 14.5 Å². The number of ether oxygens (including phenoxy) is 2. The van der Waals surface area contributed by atoms with Crippen molar-refractivity contribution >= 4 is 12.1 Å². The molecule has 34 heavy (non-hydrogen) atoms. The SMILES string of the molecule is CCCC(C)N(C)C(=O)OCc1c(-c2ccc(O[C@H]3CCC[C@H](C(=O)O)C3)c(C)n2)nnn1C. The summed E-state index contributed by atoms with van der Waals surface area (Å²) >= 11 is 0.